The Morgan fingerprint density at radius 1 is 1.21 bits per heavy atom. The van der Waals surface area contributed by atoms with Crippen LogP contribution in [0.15, 0.2) is 42.5 Å². The molecule has 0 aliphatic carbocycles. The summed E-state index contributed by atoms with van der Waals surface area (Å²) in [4.78, 5) is 27.3. The van der Waals surface area contributed by atoms with Crippen molar-refractivity contribution in [2.24, 2.45) is 0 Å². The number of nitrogens with one attached hydrogen (secondary N) is 1. The van der Waals surface area contributed by atoms with E-state index in [1.807, 2.05) is 30.3 Å². The maximum atomic E-state index is 13.8. The molecule has 34 heavy (non-hydrogen) atoms. The summed E-state index contributed by atoms with van der Waals surface area (Å²) in [6.45, 7) is 0.367. The fourth-order valence-corrected chi connectivity index (χ4v) is 4.92. The van der Waals surface area contributed by atoms with Crippen LogP contribution in [0.2, 0.25) is 0 Å². The highest BCUT2D eigenvalue weighted by molar-refractivity contribution is 5.96. The van der Waals surface area contributed by atoms with Crippen molar-refractivity contribution in [3.05, 3.63) is 59.2 Å². The number of alkyl halides is 3. The molecule has 1 N–H and O–H groups in total. The topological polar surface area (TPSA) is 61.9 Å². The zero-order valence-electron chi connectivity index (χ0n) is 19.2. The van der Waals surface area contributed by atoms with E-state index in [0.29, 0.717) is 49.2 Å². The summed E-state index contributed by atoms with van der Waals surface area (Å²) in [5.74, 6) is -1.54. The highest BCUT2D eigenvalue weighted by atomic mass is 19.4. The van der Waals surface area contributed by atoms with Gasteiger partial charge in [0.15, 0.2) is 0 Å². The van der Waals surface area contributed by atoms with Gasteiger partial charge in [0.2, 0.25) is 5.91 Å². The number of piperidine rings is 1. The molecular weight excluding hydrogens is 447 g/mol. The number of carbonyl (C=O) groups excluding carboxylic acids is 2. The first-order valence-electron chi connectivity index (χ1n) is 11.3. The maximum absolute atomic E-state index is 13.8. The molecule has 1 saturated heterocycles. The summed E-state index contributed by atoms with van der Waals surface area (Å²) in [6, 6.07) is 11.5. The number of benzene rings is 2. The zero-order valence-corrected chi connectivity index (χ0v) is 19.2. The lowest BCUT2D eigenvalue weighted by Gasteiger charge is -2.41. The molecule has 2 aliphatic heterocycles. The van der Waals surface area contributed by atoms with Gasteiger partial charge < -0.3 is 19.9 Å². The molecule has 0 radical (unpaired) electrons. The van der Waals surface area contributed by atoms with Crippen molar-refractivity contribution in [1.82, 2.24) is 10.2 Å². The van der Waals surface area contributed by atoms with Crippen molar-refractivity contribution in [1.29, 1.82) is 0 Å². The van der Waals surface area contributed by atoms with E-state index >= 15 is 0 Å². The van der Waals surface area contributed by atoms with Crippen LogP contribution in [0.5, 0.6) is 5.75 Å². The molecule has 4 rings (SSSR count). The Balaban J connectivity index is 1.75. The number of fused-ring (bicyclic) bond motifs is 1. The van der Waals surface area contributed by atoms with Gasteiger partial charge in [-0.15, -0.1) is 0 Å². The lowest BCUT2D eigenvalue weighted by molar-refractivity contribution is -0.189. The Morgan fingerprint density at radius 2 is 1.94 bits per heavy atom. The summed E-state index contributed by atoms with van der Waals surface area (Å²) in [5, 5.41) is 3.30. The quantitative estimate of drug-likeness (QED) is 0.711. The molecule has 0 aromatic heterocycles. The number of hydrogen-bond donors (Lipinski definition) is 1. The first kappa shape index (κ1) is 24.1. The fraction of sp³-hybridized carbons (Fsp3) is 0.440. The molecule has 2 unspecified atom stereocenters. The minimum Gasteiger partial charge on any atom is -0.496 e. The van der Waals surface area contributed by atoms with Gasteiger partial charge in [-0.1, -0.05) is 30.3 Å². The van der Waals surface area contributed by atoms with Crippen LogP contribution in [0.4, 0.5) is 18.9 Å². The minimum atomic E-state index is -5.02. The van der Waals surface area contributed by atoms with Crippen LogP contribution >= 0.6 is 0 Å². The second-order valence-electron chi connectivity index (χ2n) is 8.73. The number of hydrogen-bond acceptors (Lipinski definition) is 4. The third kappa shape index (κ3) is 4.75. The van der Waals surface area contributed by atoms with Crippen LogP contribution in [-0.4, -0.2) is 49.6 Å². The molecule has 2 aromatic rings. The van der Waals surface area contributed by atoms with Gasteiger partial charge in [0, 0.05) is 24.7 Å². The minimum absolute atomic E-state index is 0.0625. The maximum Gasteiger partial charge on any atom is 0.471 e. The number of nitrogens with zero attached hydrogens (tertiary/aromatic N) is 2. The SMILES string of the molecule is COc1cc2c(cc1CN(C(=O)C(F)(F)F)C1CCCNC1c1ccccc1)N(C)C(=O)CC2. The number of halogens is 3. The molecule has 0 bridgehead atoms. The van der Waals surface area contributed by atoms with E-state index in [1.54, 1.807) is 19.2 Å². The second kappa shape index (κ2) is 9.66. The smallest absolute Gasteiger partial charge is 0.471 e. The Hall–Kier alpha value is -3.07. The van der Waals surface area contributed by atoms with Crippen LogP contribution in [0, 0.1) is 0 Å². The monoisotopic (exact) mass is 475 g/mol. The van der Waals surface area contributed by atoms with Gasteiger partial charge >= 0.3 is 12.1 Å². The molecule has 0 saturated carbocycles. The van der Waals surface area contributed by atoms with Crippen LogP contribution in [0.1, 0.15) is 42.0 Å². The Morgan fingerprint density at radius 3 is 2.62 bits per heavy atom. The number of anilines is 1. The number of methoxy groups -OCH3 is 1. The van der Waals surface area contributed by atoms with Gasteiger partial charge in [-0.05, 0) is 49.1 Å². The highest BCUT2D eigenvalue weighted by Gasteiger charge is 2.47. The van der Waals surface area contributed by atoms with Gasteiger partial charge in [0.05, 0.1) is 25.7 Å². The van der Waals surface area contributed by atoms with Crippen LogP contribution in [-0.2, 0) is 22.6 Å². The summed E-state index contributed by atoms with van der Waals surface area (Å²) in [6.07, 6.45) is -3.05. The predicted molar refractivity (Wildman–Crippen MR) is 122 cm³/mol. The average Bonchev–Trinajstić information content (AvgIpc) is 2.84. The lowest BCUT2D eigenvalue weighted by Crippen LogP contribution is -2.53. The first-order valence-corrected chi connectivity index (χ1v) is 11.3. The van der Waals surface area contributed by atoms with E-state index < -0.39 is 24.2 Å². The van der Waals surface area contributed by atoms with Crippen LogP contribution in [0.25, 0.3) is 0 Å². The number of aryl methyl sites for hydroxylation is 1. The molecule has 9 heteroatoms. The largest absolute Gasteiger partial charge is 0.496 e. The normalized spacial score (nSPS) is 20.6. The molecule has 2 aromatic carbocycles. The average molecular weight is 476 g/mol. The number of ether oxygens (including phenoxy) is 1. The number of rotatable bonds is 5. The van der Waals surface area contributed by atoms with E-state index in [9.17, 15) is 22.8 Å². The molecule has 2 aliphatic rings. The Kier molecular flexibility index (Phi) is 6.84. The molecule has 0 spiro atoms. The van der Waals surface area contributed by atoms with Crippen molar-refractivity contribution in [2.45, 2.75) is 50.5 Å². The van der Waals surface area contributed by atoms with Crippen LogP contribution < -0.4 is 15.0 Å². The van der Waals surface area contributed by atoms with E-state index in [0.717, 1.165) is 16.0 Å². The standard InChI is InChI=1S/C25H28F3N3O3/c1-30-20-13-18(21(34-2)14-17(20)10-11-22(30)32)15-31(24(33)25(26,27)28)19-9-6-12-29-23(19)16-7-4-3-5-8-16/h3-5,7-8,13-14,19,23,29H,6,9-12,15H2,1-2H3. The van der Waals surface area contributed by atoms with Crippen LogP contribution in [0.3, 0.4) is 0 Å². The molecule has 182 valence electrons. The molecule has 1 fully saturated rings. The van der Waals surface area contributed by atoms with E-state index in [4.69, 9.17) is 4.74 Å². The lowest BCUT2D eigenvalue weighted by atomic mass is 9.90. The van der Waals surface area contributed by atoms with Gasteiger partial charge in [-0.3, -0.25) is 9.59 Å². The zero-order chi connectivity index (χ0) is 24.5. The molecule has 2 amide bonds. The van der Waals surface area contributed by atoms with E-state index in [2.05, 4.69) is 5.32 Å². The highest BCUT2D eigenvalue weighted by Crippen LogP contribution is 2.37. The van der Waals surface area contributed by atoms with Crippen molar-refractivity contribution in [2.75, 3.05) is 25.6 Å². The number of amides is 2. The summed E-state index contributed by atoms with van der Waals surface area (Å²) in [7, 11) is 3.10. The number of carbonyl (C=O) groups is 2. The predicted octanol–water partition coefficient (Wildman–Crippen LogP) is 3.99. The van der Waals surface area contributed by atoms with Crippen molar-refractivity contribution in [3.63, 3.8) is 0 Å². The molecule has 2 atom stereocenters. The first-order chi connectivity index (χ1) is 16.2. The van der Waals surface area contributed by atoms with E-state index in [-0.39, 0.29) is 12.5 Å². The summed E-state index contributed by atoms with van der Waals surface area (Å²) in [5.41, 5.74) is 2.78. The fourth-order valence-electron chi connectivity index (χ4n) is 4.92. The van der Waals surface area contributed by atoms with Crippen molar-refractivity contribution >= 4 is 17.5 Å². The van der Waals surface area contributed by atoms with Crippen molar-refractivity contribution < 1.29 is 27.5 Å². The molecule has 6 nitrogen and oxygen atoms in total. The summed E-state index contributed by atoms with van der Waals surface area (Å²) >= 11 is 0. The van der Waals surface area contributed by atoms with Gasteiger partial charge in [0.1, 0.15) is 5.75 Å². The third-order valence-electron chi connectivity index (χ3n) is 6.65. The van der Waals surface area contributed by atoms with Gasteiger partial charge in [-0.2, -0.15) is 13.2 Å². The molecular formula is C25H28F3N3O3. The van der Waals surface area contributed by atoms with Crippen molar-refractivity contribution in [3.8, 4) is 5.75 Å². The third-order valence-corrected chi connectivity index (χ3v) is 6.65. The van der Waals surface area contributed by atoms with Gasteiger partial charge in [0.25, 0.3) is 0 Å². The van der Waals surface area contributed by atoms with Gasteiger partial charge in [-0.25, -0.2) is 0 Å². The Bertz CT molecular complexity index is 1060. The molecule has 2 heterocycles. The van der Waals surface area contributed by atoms with E-state index in [1.165, 1.54) is 12.0 Å². The second-order valence-corrected chi connectivity index (χ2v) is 8.73. The summed E-state index contributed by atoms with van der Waals surface area (Å²) < 4.78 is 46.8. The Labute approximate surface area is 196 Å².